The van der Waals surface area contributed by atoms with Gasteiger partial charge in [0.15, 0.2) is 5.75 Å². The smallest absolute Gasteiger partial charge is 0.416 e. The van der Waals surface area contributed by atoms with Crippen molar-refractivity contribution in [2.45, 2.75) is 6.18 Å². The van der Waals surface area contributed by atoms with Crippen LogP contribution in [0.3, 0.4) is 0 Å². The molecule has 0 aliphatic carbocycles. The maximum atomic E-state index is 12.4. The van der Waals surface area contributed by atoms with Crippen LogP contribution in [-0.2, 0) is 13.2 Å². The van der Waals surface area contributed by atoms with E-state index in [0.717, 1.165) is 35.1 Å². The number of nitrogens with zero attached hydrogens (tertiary/aromatic N) is 2. The normalized spacial score (nSPS) is 11.3. The van der Waals surface area contributed by atoms with Crippen LogP contribution in [0.1, 0.15) is 15.9 Å². The van der Waals surface area contributed by atoms with Crippen molar-refractivity contribution in [2.24, 2.45) is 7.05 Å². The summed E-state index contributed by atoms with van der Waals surface area (Å²) in [6.45, 7) is 0. The van der Waals surface area contributed by atoms with E-state index in [-0.39, 0.29) is 5.69 Å². The molecular formula is C13H10F3N3O3. The number of rotatable bonds is 2. The van der Waals surface area contributed by atoms with E-state index in [2.05, 4.69) is 10.4 Å². The highest BCUT2D eigenvalue weighted by molar-refractivity contribution is 6.05. The summed E-state index contributed by atoms with van der Waals surface area (Å²) in [5, 5.41) is 15.3. The van der Waals surface area contributed by atoms with E-state index >= 15 is 0 Å². The van der Waals surface area contributed by atoms with E-state index in [9.17, 15) is 27.9 Å². The van der Waals surface area contributed by atoms with E-state index in [1.54, 1.807) is 0 Å². The summed E-state index contributed by atoms with van der Waals surface area (Å²) >= 11 is 0. The van der Waals surface area contributed by atoms with Crippen molar-refractivity contribution in [1.29, 1.82) is 0 Å². The van der Waals surface area contributed by atoms with Crippen molar-refractivity contribution < 1.29 is 23.1 Å². The molecule has 2 N–H and O–H groups in total. The van der Waals surface area contributed by atoms with Gasteiger partial charge in [-0.15, -0.1) is 0 Å². The number of hydrogen-bond donors (Lipinski definition) is 2. The number of alkyl halides is 3. The topological polar surface area (TPSA) is 84.2 Å². The second kappa shape index (κ2) is 5.51. The van der Waals surface area contributed by atoms with Crippen molar-refractivity contribution in [3.8, 4) is 5.75 Å². The molecule has 1 aromatic heterocycles. The van der Waals surface area contributed by atoms with Crippen molar-refractivity contribution in [3.05, 3.63) is 51.9 Å². The van der Waals surface area contributed by atoms with Crippen LogP contribution < -0.4 is 10.9 Å². The fraction of sp³-hybridized carbons (Fsp3) is 0.154. The Morgan fingerprint density at radius 2 is 1.86 bits per heavy atom. The van der Waals surface area contributed by atoms with Crippen molar-refractivity contribution in [2.75, 3.05) is 5.32 Å². The third kappa shape index (κ3) is 3.08. The number of carbonyl (C=O) groups is 1. The zero-order chi connectivity index (χ0) is 16.5. The Morgan fingerprint density at radius 1 is 1.27 bits per heavy atom. The first-order valence-electron chi connectivity index (χ1n) is 5.94. The molecule has 1 amide bonds. The lowest BCUT2D eigenvalue weighted by atomic mass is 10.2. The summed E-state index contributed by atoms with van der Waals surface area (Å²) in [5.74, 6) is -1.56. The molecule has 6 nitrogen and oxygen atoms in total. The minimum Gasteiger partial charge on any atom is -0.505 e. The van der Waals surface area contributed by atoms with E-state index in [1.165, 1.54) is 7.05 Å². The monoisotopic (exact) mass is 313 g/mol. The van der Waals surface area contributed by atoms with Crippen molar-refractivity contribution in [1.82, 2.24) is 9.78 Å². The molecule has 0 fully saturated rings. The Morgan fingerprint density at radius 3 is 2.41 bits per heavy atom. The van der Waals surface area contributed by atoms with Gasteiger partial charge >= 0.3 is 6.18 Å². The molecule has 0 bridgehead atoms. The average molecular weight is 313 g/mol. The number of carbonyl (C=O) groups excluding carboxylic acids is 1. The van der Waals surface area contributed by atoms with Gasteiger partial charge in [0.25, 0.3) is 11.5 Å². The zero-order valence-corrected chi connectivity index (χ0v) is 11.2. The predicted molar refractivity (Wildman–Crippen MR) is 70.5 cm³/mol. The van der Waals surface area contributed by atoms with E-state index in [1.807, 2.05) is 0 Å². The highest BCUT2D eigenvalue weighted by Gasteiger charge is 2.30. The fourth-order valence-electron chi connectivity index (χ4n) is 1.68. The minimum atomic E-state index is -4.48. The molecule has 0 saturated heterocycles. The maximum absolute atomic E-state index is 12.4. The van der Waals surface area contributed by atoms with E-state index in [0.29, 0.717) is 0 Å². The summed E-state index contributed by atoms with van der Waals surface area (Å²) in [4.78, 5) is 23.7. The standard InChI is InChI=1S/C13H10F3N3O3/c1-19-12(22)10(9(20)6-17-19)11(21)18-8-4-2-7(3-5-8)13(14,15)16/h2-6,20H,1H3,(H,18,21). The number of anilines is 1. The lowest BCUT2D eigenvalue weighted by Gasteiger charge is -2.09. The van der Waals surface area contributed by atoms with Crippen LogP contribution in [0.4, 0.5) is 18.9 Å². The van der Waals surface area contributed by atoms with Gasteiger partial charge in [-0.1, -0.05) is 0 Å². The second-order valence-corrected chi connectivity index (χ2v) is 4.36. The summed E-state index contributed by atoms with van der Waals surface area (Å²) in [5.41, 5.74) is -2.19. The number of aromatic hydroxyl groups is 1. The number of aryl methyl sites for hydroxylation is 1. The third-order valence-electron chi connectivity index (χ3n) is 2.81. The molecule has 0 aliphatic rings. The van der Waals surface area contributed by atoms with Gasteiger partial charge in [0.05, 0.1) is 11.8 Å². The van der Waals surface area contributed by atoms with E-state index < -0.39 is 34.5 Å². The fourth-order valence-corrected chi connectivity index (χ4v) is 1.68. The Bertz CT molecular complexity index is 767. The maximum Gasteiger partial charge on any atom is 0.416 e. The molecule has 0 radical (unpaired) electrons. The lowest BCUT2D eigenvalue weighted by molar-refractivity contribution is -0.137. The Labute approximate surface area is 121 Å². The number of aromatic nitrogens is 2. The van der Waals surface area contributed by atoms with Crippen LogP contribution in [0.15, 0.2) is 35.3 Å². The number of hydrogen-bond acceptors (Lipinski definition) is 4. The van der Waals surface area contributed by atoms with Gasteiger partial charge in [-0.25, -0.2) is 4.68 Å². The summed E-state index contributed by atoms with van der Waals surface area (Å²) in [6.07, 6.45) is -3.56. The molecule has 0 saturated carbocycles. The number of amides is 1. The molecule has 2 aromatic rings. The highest BCUT2D eigenvalue weighted by Crippen LogP contribution is 2.29. The molecule has 0 aliphatic heterocycles. The van der Waals surface area contributed by atoms with E-state index in [4.69, 9.17) is 0 Å². The van der Waals surface area contributed by atoms with Crippen LogP contribution in [0, 0.1) is 0 Å². The van der Waals surface area contributed by atoms with Crippen LogP contribution >= 0.6 is 0 Å². The molecule has 1 heterocycles. The SMILES string of the molecule is Cn1ncc(O)c(C(=O)Nc2ccc(C(F)(F)F)cc2)c1=O. The predicted octanol–water partition coefficient (Wildman–Crippen LogP) is 1.76. The highest BCUT2D eigenvalue weighted by atomic mass is 19.4. The molecule has 9 heteroatoms. The summed E-state index contributed by atoms with van der Waals surface area (Å²) in [6, 6.07) is 3.67. The third-order valence-corrected chi connectivity index (χ3v) is 2.81. The molecule has 22 heavy (non-hydrogen) atoms. The Kier molecular flexibility index (Phi) is 3.89. The number of halogens is 3. The van der Waals surface area contributed by atoms with Gasteiger partial charge < -0.3 is 10.4 Å². The molecular weight excluding hydrogens is 303 g/mol. The van der Waals surface area contributed by atoms with Crippen LogP contribution in [0.5, 0.6) is 5.75 Å². The number of nitrogens with one attached hydrogen (secondary N) is 1. The van der Waals surface area contributed by atoms with Crippen LogP contribution in [0.25, 0.3) is 0 Å². The zero-order valence-electron chi connectivity index (χ0n) is 11.2. The largest absolute Gasteiger partial charge is 0.505 e. The molecule has 1 aromatic carbocycles. The van der Waals surface area contributed by atoms with Crippen LogP contribution in [0.2, 0.25) is 0 Å². The molecule has 0 unspecified atom stereocenters. The van der Waals surface area contributed by atoms with Gasteiger partial charge in [0, 0.05) is 12.7 Å². The second-order valence-electron chi connectivity index (χ2n) is 4.36. The van der Waals surface area contributed by atoms with Gasteiger partial charge in [-0.3, -0.25) is 9.59 Å². The summed E-state index contributed by atoms with van der Waals surface area (Å²) in [7, 11) is 1.29. The molecule has 0 atom stereocenters. The van der Waals surface area contributed by atoms with Crippen LogP contribution in [-0.4, -0.2) is 20.8 Å². The molecule has 116 valence electrons. The number of benzene rings is 1. The summed E-state index contributed by atoms with van der Waals surface area (Å²) < 4.78 is 38.1. The van der Waals surface area contributed by atoms with Crippen molar-refractivity contribution >= 4 is 11.6 Å². The first-order chi connectivity index (χ1) is 10.2. The Hall–Kier alpha value is -2.84. The van der Waals surface area contributed by atoms with Crippen molar-refractivity contribution in [3.63, 3.8) is 0 Å². The van der Waals surface area contributed by atoms with Gasteiger partial charge in [-0.2, -0.15) is 18.3 Å². The average Bonchev–Trinajstić information content (AvgIpc) is 2.43. The molecule has 0 spiro atoms. The first kappa shape index (κ1) is 15.5. The first-order valence-corrected chi connectivity index (χ1v) is 5.94. The lowest BCUT2D eigenvalue weighted by Crippen LogP contribution is -2.29. The van der Waals surface area contributed by atoms with Gasteiger partial charge in [-0.05, 0) is 24.3 Å². The minimum absolute atomic E-state index is 0.0521. The quantitative estimate of drug-likeness (QED) is 0.885. The Balaban J connectivity index is 2.27. The van der Waals surface area contributed by atoms with Gasteiger partial charge in [0.1, 0.15) is 5.56 Å². The van der Waals surface area contributed by atoms with Gasteiger partial charge in [0.2, 0.25) is 0 Å². The molecule has 2 rings (SSSR count).